The molecule has 0 aromatic rings. The molecule has 0 aromatic heterocycles. The fraction of sp³-hybridized carbons (Fsp3) is 0.750. The van der Waals surface area contributed by atoms with Gasteiger partial charge in [-0.3, -0.25) is 9.59 Å². The van der Waals surface area contributed by atoms with E-state index >= 15 is 0 Å². The second-order valence-corrected chi connectivity index (χ2v) is 3.54. The van der Waals surface area contributed by atoms with E-state index < -0.39 is 23.8 Å². The number of carboxylic acid groups (broad SMARTS) is 2. The molecule has 1 aliphatic carbocycles. The zero-order valence-corrected chi connectivity index (χ0v) is 7.14. The molecule has 0 saturated heterocycles. The molecule has 2 atom stereocenters. The molecule has 1 fully saturated rings. The number of aliphatic carboxylic acids is 2. The monoisotopic (exact) mass is 187 g/mol. The average molecular weight is 187 g/mol. The largest absolute Gasteiger partial charge is 0.481 e. The van der Waals surface area contributed by atoms with Gasteiger partial charge >= 0.3 is 11.9 Å². The number of carboxylic acids is 2. The van der Waals surface area contributed by atoms with E-state index in [9.17, 15) is 9.59 Å². The Hall–Kier alpha value is -1.10. The van der Waals surface area contributed by atoms with E-state index in [1.54, 1.807) is 0 Å². The molecule has 74 valence electrons. The summed E-state index contributed by atoms with van der Waals surface area (Å²) in [5.74, 6) is -3.07. The fourth-order valence-corrected chi connectivity index (χ4v) is 1.77. The van der Waals surface area contributed by atoms with Crippen LogP contribution in [0, 0.1) is 11.8 Å². The third kappa shape index (κ3) is 2.42. The van der Waals surface area contributed by atoms with Crippen LogP contribution in [0.5, 0.6) is 0 Å². The molecule has 1 rings (SSSR count). The number of nitrogens with two attached hydrogens (primary N) is 1. The maximum Gasteiger partial charge on any atom is 0.306 e. The summed E-state index contributed by atoms with van der Waals surface area (Å²) in [4.78, 5) is 21.2. The lowest BCUT2D eigenvalue weighted by Crippen LogP contribution is -2.38. The Morgan fingerprint density at radius 2 is 1.38 bits per heavy atom. The predicted molar refractivity (Wildman–Crippen MR) is 44.1 cm³/mol. The van der Waals surface area contributed by atoms with Crippen molar-refractivity contribution in [3.63, 3.8) is 0 Å². The Labute approximate surface area is 75.5 Å². The molecule has 0 heterocycles. The molecule has 0 bridgehead atoms. The summed E-state index contributed by atoms with van der Waals surface area (Å²) in [6.07, 6.45) is 0.983. The van der Waals surface area contributed by atoms with Crippen LogP contribution in [-0.4, -0.2) is 28.2 Å². The minimum Gasteiger partial charge on any atom is -0.481 e. The van der Waals surface area contributed by atoms with Gasteiger partial charge in [0.1, 0.15) is 0 Å². The van der Waals surface area contributed by atoms with Crippen molar-refractivity contribution in [3.8, 4) is 0 Å². The van der Waals surface area contributed by atoms with Crippen LogP contribution in [0.2, 0.25) is 0 Å². The second-order valence-electron chi connectivity index (χ2n) is 3.54. The van der Waals surface area contributed by atoms with E-state index in [0.717, 1.165) is 0 Å². The Bertz CT molecular complexity index is 206. The highest BCUT2D eigenvalue weighted by Crippen LogP contribution is 2.28. The highest BCUT2D eigenvalue weighted by Gasteiger charge is 2.34. The smallest absolute Gasteiger partial charge is 0.306 e. The molecule has 0 radical (unpaired) electrons. The van der Waals surface area contributed by atoms with Gasteiger partial charge in [0.05, 0.1) is 11.8 Å². The van der Waals surface area contributed by atoms with Gasteiger partial charge in [-0.05, 0) is 19.3 Å². The minimum atomic E-state index is -0.943. The van der Waals surface area contributed by atoms with Crippen molar-refractivity contribution >= 4 is 11.9 Å². The van der Waals surface area contributed by atoms with Crippen molar-refractivity contribution in [1.82, 2.24) is 0 Å². The van der Waals surface area contributed by atoms with Crippen LogP contribution in [0.1, 0.15) is 19.3 Å². The lowest BCUT2D eigenvalue weighted by atomic mass is 9.79. The maximum absolute atomic E-state index is 10.6. The lowest BCUT2D eigenvalue weighted by molar-refractivity contribution is -0.148. The molecule has 0 aromatic carbocycles. The summed E-state index contributed by atoms with van der Waals surface area (Å²) < 4.78 is 0. The SMILES string of the molecule is NC1CC(C(=O)O)CC(C(=O)O)C1. The van der Waals surface area contributed by atoms with Gasteiger partial charge in [0.2, 0.25) is 0 Å². The summed E-state index contributed by atoms with van der Waals surface area (Å²) in [6.45, 7) is 0. The van der Waals surface area contributed by atoms with Crippen LogP contribution in [0.25, 0.3) is 0 Å². The van der Waals surface area contributed by atoms with E-state index in [2.05, 4.69) is 0 Å². The van der Waals surface area contributed by atoms with Gasteiger partial charge in [0, 0.05) is 6.04 Å². The minimum absolute atomic E-state index is 0.207. The van der Waals surface area contributed by atoms with E-state index in [1.165, 1.54) is 0 Å². The van der Waals surface area contributed by atoms with Crippen LogP contribution < -0.4 is 5.73 Å². The highest BCUT2D eigenvalue weighted by atomic mass is 16.4. The first-order valence-electron chi connectivity index (χ1n) is 4.22. The first kappa shape index (κ1) is 9.98. The Kier molecular flexibility index (Phi) is 2.87. The van der Waals surface area contributed by atoms with Crippen LogP contribution >= 0.6 is 0 Å². The second kappa shape index (κ2) is 3.74. The molecule has 5 nitrogen and oxygen atoms in total. The maximum atomic E-state index is 10.6. The summed E-state index contributed by atoms with van der Waals surface area (Å²) in [5, 5.41) is 17.4. The van der Waals surface area contributed by atoms with Gasteiger partial charge in [0.25, 0.3) is 0 Å². The van der Waals surface area contributed by atoms with Gasteiger partial charge < -0.3 is 15.9 Å². The number of rotatable bonds is 2. The lowest BCUT2D eigenvalue weighted by Gasteiger charge is -2.28. The van der Waals surface area contributed by atoms with E-state index in [-0.39, 0.29) is 12.5 Å². The summed E-state index contributed by atoms with van der Waals surface area (Å²) in [5.41, 5.74) is 5.56. The molecule has 1 saturated carbocycles. The zero-order valence-electron chi connectivity index (χ0n) is 7.14. The van der Waals surface area contributed by atoms with Crippen molar-refractivity contribution in [2.24, 2.45) is 17.6 Å². The van der Waals surface area contributed by atoms with Gasteiger partial charge in [-0.1, -0.05) is 0 Å². The van der Waals surface area contributed by atoms with Crippen LogP contribution in [0.3, 0.4) is 0 Å². The molecule has 0 aliphatic heterocycles. The topological polar surface area (TPSA) is 101 Å². The van der Waals surface area contributed by atoms with Gasteiger partial charge in [0.15, 0.2) is 0 Å². The summed E-state index contributed by atoms with van der Waals surface area (Å²) in [6, 6.07) is -0.295. The normalized spacial score (nSPS) is 34.1. The standard InChI is InChI=1S/C8H13NO4/c9-6-2-4(7(10)11)1-5(3-6)8(12)13/h4-6H,1-3,9H2,(H,10,11)(H,12,13). The van der Waals surface area contributed by atoms with Gasteiger partial charge in [-0.2, -0.15) is 0 Å². The Morgan fingerprint density at radius 3 is 1.69 bits per heavy atom. The third-order valence-corrected chi connectivity index (χ3v) is 2.44. The van der Waals surface area contributed by atoms with Gasteiger partial charge in [-0.25, -0.2) is 0 Å². The quantitative estimate of drug-likeness (QED) is 0.560. The molecular formula is C8H13NO4. The van der Waals surface area contributed by atoms with Crippen molar-refractivity contribution in [2.45, 2.75) is 25.3 Å². The average Bonchev–Trinajstić information content (AvgIpc) is 2.03. The van der Waals surface area contributed by atoms with E-state index in [1.807, 2.05) is 0 Å². The van der Waals surface area contributed by atoms with Gasteiger partial charge in [-0.15, -0.1) is 0 Å². The summed E-state index contributed by atoms with van der Waals surface area (Å²) >= 11 is 0. The number of hydrogen-bond donors (Lipinski definition) is 3. The van der Waals surface area contributed by atoms with E-state index in [4.69, 9.17) is 15.9 Å². The number of carbonyl (C=O) groups is 2. The molecule has 4 N–H and O–H groups in total. The first-order chi connectivity index (χ1) is 6.00. The molecule has 13 heavy (non-hydrogen) atoms. The van der Waals surface area contributed by atoms with Crippen LogP contribution in [0.4, 0.5) is 0 Å². The Balaban J connectivity index is 2.62. The third-order valence-electron chi connectivity index (χ3n) is 2.44. The molecule has 2 unspecified atom stereocenters. The predicted octanol–water partition coefficient (Wildman–Crippen LogP) is -0.101. The molecule has 0 spiro atoms. The fourth-order valence-electron chi connectivity index (χ4n) is 1.77. The first-order valence-corrected chi connectivity index (χ1v) is 4.22. The molecule has 1 aliphatic rings. The Morgan fingerprint density at radius 1 is 1.00 bits per heavy atom. The van der Waals surface area contributed by atoms with Crippen LogP contribution in [-0.2, 0) is 9.59 Å². The van der Waals surface area contributed by atoms with E-state index in [0.29, 0.717) is 12.8 Å². The van der Waals surface area contributed by atoms with Crippen molar-refractivity contribution in [2.75, 3.05) is 0 Å². The van der Waals surface area contributed by atoms with Crippen molar-refractivity contribution in [1.29, 1.82) is 0 Å². The van der Waals surface area contributed by atoms with Crippen molar-refractivity contribution < 1.29 is 19.8 Å². The summed E-state index contributed by atoms with van der Waals surface area (Å²) in [7, 11) is 0. The molecule has 0 amide bonds. The molecule has 5 heteroatoms. The molecular weight excluding hydrogens is 174 g/mol. The number of hydrogen-bond acceptors (Lipinski definition) is 3. The van der Waals surface area contributed by atoms with Crippen LogP contribution in [0.15, 0.2) is 0 Å². The zero-order chi connectivity index (χ0) is 10.0. The highest BCUT2D eigenvalue weighted by molar-refractivity contribution is 5.74. The van der Waals surface area contributed by atoms with Crippen molar-refractivity contribution in [3.05, 3.63) is 0 Å².